The van der Waals surface area contributed by atoms with E-state index in [4.69, 9.17) is 5.73 Å². The van der Waals surface area contributed by atoms with Crippen molar-refractivity contribution in [3.05, 3.63) is 50.2 Å². The van der Waals surface area contributed by atoms with Gasteiger partial charge in [0.25, 0.3) is 5.56 Å². The first-order valence-corrected chi connectivity index (χ1v) is 9.40. The molecule has 154 valence electrons. The molecule has 1 atom stereocenters. The minimum atomic E-state index is -0.749. The quantitative estimate of drug-likeness (QED) is 0.717. The summed E-state index contributed by atoms with van der Waals surface area (Å²) in [5.74, 6) is -0.552. The van der Waals surface area contributed by atoms with Crippen molar-refractivity contribution in [2.45, 2.75) is 32.7 Å². The van der Waals surface area contributed by atoms with E-state index in [1.54, 1.807) is 17.9 Å². The van der Waals surface area contributed by atoms with Crippen LogP contribution in [-0.2, 0) is 18.9 Å². The molecule has 1 fully saturated rings. The number of nitrogens with zero attached hydrogens (tertiary/aromatic N) is 3. The highest BCUT2D eigenvalue weighted by Crippen LogP contribution is 2.27. The maximum Gasteiger partial charge on any atom is 0.332 e. The fraction of sp³-hybridized carbons (Fsp3) is 0.400. The number of rotatable bonds is 5. The Labute approximate surface area is 167 Å². The average molecular weight is 399 g/mol. The van der Waals surface area contributed by atoms with Gasteiger partial charge in [-0.3, -0.25) is 23.5 Å². The minimum absolute atomic E-state index is 0.110. The number of nitrogens with one attached hydrogen (secondary N) is 1. The Hall–Kier alpha value is -3.36. The van der Waals surface area contributed by atoms with Crippen LogP contribution in [-0.4, -0.2) is 33.4 Å². The summed E-state index contributed by atoms with van der Waals surface area (Å²) in [5, 5.41) is 3.07. The van der Waals surface area contributed by atoms with Crippen LogP contribution >= 0.6 is 0 Å². The summed E-state index contributed by atoms with van der Waals surface area (Å²) in [4.78, 5) is 51.0. The fourth-order valence-corrected chi connectivity index (χ4v) is 3.57. The number of ketones is 1. The molecule has 0 saturated carbocycles. The molecule has 0 spiro atoms. The third kappa shape index (κ3) is 3.55. The van der Waals surface area contributed by atoms with Crippen LogP contribution in [0.25, 0.3) is 0 Å². The van der Waals surface area contributed by atoms with Gasteiger partial charge in [0, 0.05) is 38.4 Å². The lowest BCUT2D eigenvalue weighted by Gasteiger charge is -2.21. The smallest absolute Gasteiger partial charge is 0.332 e. The topological polar surface area (TPSA) is 119 Å². The molecule has 2 aromatic rings. The summed E-state index contributed by atoms with van der Waals surface area (Å²) in [5.41, 5.74) is 6.79. The molecule has 9 nitrogen and oxygen atoms in total. The molecule has 9 heteroatoms. The van der Waals surface area contributed by atoms with Crippen molar-refractivity contribution in [2.75, 3.05) is 22.5 Å². The summed E-state index contributed by atoms with van der Waals surface area (Å²) in [7, 11) is 2.72. The molecule has 0 bridgehead atoms. The molecule has 0 unspecified atom stereocenters. The summed E-state index contributed by atoms with van der Waals surface area (Å²) >= 11 is 0. The van der Waals surface area contributed by atoms with Crippen LogP contribution in [0.4, 0.5) is 17.2 Å². The van der Waals surface area contributed by atoms with E-state index in [1.807, 2.05) is 19.1 Å². The standard InChI is InChI=1S/C20H25N5O4/c1-11-10-13(7-8-14(11)25-9-5-6-15(25)26)22-12(2)17(27)16-18(21)23(3)20(29)24(4)19(16)28/h7-8,10,12,22H,5-6,9,21H2,1-4H3/t12-/m0/s1. The molecule has 1 saturated heterocycles. The van der Waals surface area contributed by atoms with Gasteiger partial charge in [-0.2, -0.15) is 0 Å². The maximum absolute atomic E-state index is 12.9. The van der Waals surface area contributed by atoms with Crippen molar-refractivity contribution in [3.8, 4) is 0 Å². The van der Waals surface area contributed by atoms with E-state index in [1.165, 1.54) is 14.1 Å². The monoisotopic (exact) mass is 399 g/mol. The number of carbonyl (C=O) groups is 2. The van der Waals surface area contributed by atoms with Gasteiger partial charge in [0.1, 0.15) is 11.4 Å². The first-order chi connectivity index (χ1) is 13.6. The zero-order valence-corrected chi connectivity index (χ0v) is 17.0. The van der Waals surface area contributed by atoms with Gasteiger partial charge in [0.2, 0.25) is 5.91 Å². The molecule has 3 N–H and O–H groups in total. The molecule has 0 radical (unpaired) electrons. The zero-order chi connectivity index (χ0) is 21.5. The van der Waals surface area contributed by atoms with Crippen LogP contribution < -0.4 is 27.2 Å². The molecule has 1 aliphatic heterocycles. The molecule has 1 aliphatic rings. The van der Waals surface area contributed by atoms with Crippen LogP contribution in [0.1, 0.15) is 35.7 Å². The Morgan fingerprint density at radius 2 is 1.86 bits per heavy atom. The first kappa shape index (κ1) is 20.4. The number of nitrogens with two attached hydrogens (primary N) is 1. The highest BCUT2D eigenvalue weighted by molar-refractivity contribution is 6.04. The molecule has 2 heterocycles. The Bertz CT molecular complexity index is 1120. The number of nitrogen functional groups attached to an aromatic ring is 1. The highest BCUT2D eigenvalue weighted by atomic mass is 16.2. The van der Waals surface area contributed by atoms with Crippen molar-refractivity contribution in [2.24, 2.45) is 14.1 Å². The Morgan fingerprint density at radius 3 is 2.45 bits per heavy atom. The van der Waals surface area contributed by atoms with Crippen molar-refractivity contribution < 1.29 is 9.59 Å². The summed E-state index contributed by atoms with van der Waals surface area (Å²) < 4.78 is 1.94. The predicted octanol–water partition coefficient (Wildman–Crippen LogP) is 0.785. The lowest BCUT2D eigenvalue weighted by Crippen LogP contribution is -2.43. The number of anilines is 3. The highest BCUT2D eigenvalue weighted by Gasteiger charge is 2.26. The molecule has 29 heavy (non-hydrogen) atoms. The molecule has 3 rings (SSSR count). The average Bonchev–Trinajstić information content (AvgIpc) is 3.10. The second-order valence-electron chi connectivity index (χ2n) is 7.35. The van der Waals surface area contributed by atoms with Crippen LogP contribution in [0.2, 0.25) is 0 Å². The number of aryl methyl sites for hydroxylation is 1. The van der Waals surface area contributed by atoms with E-state index in [0.29, 0.717) is 18.7 Å². The number of aromatic nitrogens is 2. The second kappa shape index (κ2) is 7.57. The molecule has 1 aromatic heterocycles. The summed E-state index contributed by atoms with van der Waals surface area (Å²) in [6.07, 6.45) is 1.40. The van der Waals surface area contributed by atoms with E-state index in [9.17, 15) is 19.2 Å². The van der Waals surface area contributed by atoms with Crippen LogP contribution in [0.5, 0.6) is 0 Å². The van der Waals surface area contributed by atoms with Gasteiger partial charge in [-0.15, -0.1) is 0 Å². The number of hydrogen-bond acceptors (Lipinski definition) is 6. The first-order valence-electron chi connectivity index (χ1n) is 9.40. The zero-order valence-electron chi connectivity index (χ0n) is 17.0. The normalized spacial score (nSPS) is 14.9. The summed E-state index contributed by atoms with van der Waals surface area (Å²) in [6.45, 7) is 4.23. The van der Waals surface area contributed by atoms with E-state index in [2.05, 4.69) is 5.32 Å². The number of benzene rings is 1. The Balaban J connectivity index is 1.86. The molecular weight excluding hydrogens is 374 g/mol. The molecule has 1 amide bonds. The number of Topliss-reactive ketones (excluding diaryl/α,β-unsaturated/α-hetero) is 1. The SMILES string of the molecule is Cc1cc(N[C@@H](C)C(=O)c2c(N)n(C)c(=O)n(C)c2=O)ccc1N1CCCC1=O. The largest absolute Gasteiger partial charge is 0.384 e. The molecule has 1 aromatic carbocycles. The lowest BCUT2D eigenvalue weighted by atomic mass is 10.1. The van der Waals surface area contributed by atoms with Gasteiger partial charge in [0.15, 0.2) is 5.78 Å². The van der Waals surface area contributed by atoms with Crippen molar-refractivity contribution >= 4 is 28.9 Å². The van der Waals surface area contributed by atoms with E-state index in [0.717, 1.165) is 26.8 Å². The van der Waals surface area contributed by atoms with Gasteiger partial charge < -0.3 is 16.0 Å². The van der Waals surface area contributed by atoms with Gasteiger partial charge in [0.05, 0.1) is 6.04 Å². The third-order valence-electron chi connectivity index (χ3n) is 5.29. The number of hydrogen-bond donors (Lipinski definition) is 2. The van der Waals surface area contributed by atoms with Crippen molar-refractivity contribution in [1.29, 1.82) is 0 Å². The number of carbonyl (C=O) groups excluding carboxylic acids is 2. The van der Waals surface area contributed by atoms with Crippen molar-refractivity contribution in [1.82, 2.24) is 9.13 Å². The Kier molecular flexibility index (Phi) is 5.32. The van der Waals surface area contributed by atoms with Gasteiger partial charge >= 0.3 is 5.69 Å². The van der Waals surface area contributed by atoms with E-state index >= 15 is 0 Å². The van der Waals surface area contributed by atoms with Gasteiger partial charge in [-0.1, -0.05) is 0 Å². The molecular formula is C20H25N5O4. The van der Waals surface area contributed by atoms with Crippen LogP contribution in [0.3, 0.4) is 0 Å². The molecule has 0 aliphatic carbocycles. The van der Waals surface area contributed by atoms with Crippen LogP contribution in [0.15, 0.2) is 27.8 Å². The predicted molar refractivity (Wildman–Crippen MR) is 112 cm³/mol. The Morgan fingerprint density at radius 1 is 1.17 bits per heavy atom. The maximum atomic E-state index is 12.9. The summed E-state index contributed by atoms with van der Waals surface area (Å²) in [6, 6.07) is 4.74. The lowest BCUT2D eigenvalue weighted by molar-refractivity contribution is -0.117. The minimum Gasteiger partial charge on any atom is -0.384 e. The number of amides is 1. The van der Waals surface area contributed by atoms with Crippen molar-refractivity contribution in [3.63, 3.8) is 0 Å². The second-order valence-corrected chi connectivity index (χ2v) is 7.35. The third-order valence-corrected chi connectivity index (χ3v) is 5.29. The van der Waals surface area contributed by atoms with E-state index < -0.39 is 23.1 Å². The van der Waals surface area contributed by atoms with Gasteiger partial charge in [-0.25, -0.2) is 4.79 Å². The van der Waals surface area contributed by atoms with E-state index in [-0.39, 0.29) is 17.3 Å². The fourth-order valence-electron chi connectivity index (χ4n) is 3.57. The van der Waals surface area contributed by atoms with Gasteiger partial charge in [-0.05, 0) is 44.0 Å². The van der Waals surface area contributed by atoms with Crippen LogP contribution in [0, 0.1) is 6.92 Å².